The second-order valence-corrected chi connectivity index (χ2v) is 9.97. The molecule has 2 heterocycles. The van der Waals surface area contributed by atoms with E-state index < -0.39 is 10.0 Å². The van der Waals surface area contributed by atoms with Crippen molar-refractivity contribution in [3.63, 3.8) is 0 Å². The largest absolute Gasteiger partial charge is 0.265 e. The van der Waals surface area contributed by atoms with Crippen molar-refractivity contribution in [1.29, 1.82) is 0 Å². The smallest absolute Gasteiger partial charge is 0.242 e. The maximum absolute atomic E-state index is 13.7. The van der Waals surface area contributed by atoms with E-state index in [1.807, 2.05) is 12.1 Å². The summed E-state index contributed by atoms with van der Waals surface area (Å²) in [6, 6.07) is 11.7. The van der Waals surface area contributed by atoms with Gasteiger partial charge in [-0.15, -0.1) is 0 Å². The zero-order valence-corrected chi connectivity index (χ0v) is 17.7. The first-order valence-electron chi connectivity index (χ1n) is 9.10. The number of hydrogen-bond donors (Lipinski definition) is 1. The Balaban J connectivity index is 1.58. The Morgan fingerprint density at radius 3 is 2.55 bits per heavy atom. The van der Waals surface area contributed by atoms with Gasteiger partial charge in [0.15, 0.2) is 0 Å². The molecule has 8 heteroatoms. The highest BCUT2D eigenvalue weighted by molar-refractivity contribution is 7.99. The number of nitrogens with one attached hydrogen (secondary N) is 1. The minimum absolute atomic E-state index is 0.0417. The number of rotatable bonds is 5. The lowest BCUT2D eigenvalue weighted by Crippen LogP contribution is -2.26. The lowest BCUT2D eigenvalue weighted by molar-refractivity contribution is 0.581. The van der Waals surface area contributed by atoms with Crippen LogP contribution >= 0.6 is 23.4 Å². The second-order valence-electron chi connectivity index (χ2n) is 6.75. The molecule has 0 bridgehead atoms. The van der Waals surface area contributed by atoms with Gasteiger partial charge in [-0.25, -0.2) is 17.5 Å². The highest BCUT2D eigenvalue weighted by atomic mass is 35.5. The van der Waals surface area contributed by atoms with Gasteiger partial charge in [0.1, 0.15) is 10.7 Å². The van der Waals surface area contributed by atoms with Gasteiger partial charge in [0, 0.05) is 28.7 Å². The van der Waals surface area contributed by atoms with Crippen molar-refractivity contribution in [1.82, 2.24) is 9.71 Å². The first-order valence-corrected chi connectivity index (χ1v) is 11.8. The maximum Gasteiger partial charge on any atom is 0.242 e. The van der Waals surface area contributed by atoms with Gasteiger partial charge < -0.3 is 0 Å². The number of fused-ring (bicyclic) bond motifs is 2. The standard InChI is InChI=1S/C21H18ClFN2O2S2/c22-18-11-16-2-1-15-3-4-17(23)12-19(15)28-20(16)13-21(18)29(26,27)25-10-7-14-5-8-24-9-6-14/h3-6,8-9,11-13,25H,1-2,7,10H2. The first-order chi connectivity index (χ1) is 13.9. The molecule has 0 amide bonds. The topological polar surface area (TPSA) is 59.1 Å². The van der Waals surface area contributed by atoms with Crippen LogP contribution in [0.15, 0.2) is 69.5 Å². The van der Waals surface area contributed by atoms with Crippen LogP contribution in [-0.4, -0.2) is 19.9 Å². The van der Waals surface area contributed by atoms with Crippen LogP contribution in [0.5, 0.6) is 0 Å². The summed E-state index contributed by atoms with van der Waals surface area (Å²) in [6.45, 7) is 0.251. The molecule has 0 spiro atoms. The third kappa shape index (κ3) is 4.64. The quantitative estimate of drug-likeness (QED) is 0.617. The molecular formula is C21H18ClFN2O2S2. The van der Waals surface area contributed by atoms with E-state index in [2.05, 4.69) is 9.71 Å². The van der Waals surface area contributed by atoms with Crippen molar-refractivity contribution in [2.45, 2.75) is 33.9 Å². The van der Waals surface area contributed by atoms with Gasteiger partial charge in [-0.1, -0.05) is 29.4 Å². The molecule has 150 valence electrons. The van der Waals surface area contributed by atoms with Crippen LogP contribution in [0.3, 0.4) is 0 Å². The van der Waals surface area contributed by atoms with Gasteiger partial charge in [0.25, 0.3) is 0 Å². The third-order valence-corrected chi connectivity index (χ3v) is 7.90. The van der Waals surface area contributed by atoms with E-state index in [1.54, 1.807) is 30.6 Å². The highest BCUT2D eigenvalue weighted by Gasteiger charge is 2.23. The van der Waals surface area contributed by atoms with Crippen molar-refractivity contribution in [3.05, 3.63) is 82.4 Å². The average Bonchev–Trinajstić information content (AvgIpc) is 2.86. The summed E-state index contributed by atoms with van der Waals surface area (Å²) in [4.78, 5) is 5.58. The molecule has 0 atom stereocenters. The van der Waals surface area contributed by atoms with Crippen molar-refractivity contribution >= 4 is 33.4 Å². The number of hydrogen-bond acceptors (Lipinski definition) is 4. The Bertz CT molecular complexity index is 1150. The van der Waals surface area contributed by atoms with Crippen molar-refractivity contribution in [2.24, 2.45) is 0 Å². The van der Waals surface area contributed by atoms with E-state index in [0.29, 0.717) is 6.42 Å². The number of nitrogens with zero attached hydrogens (tertiary/aromatic N) is 1. The molecule has 0 saturated heterocycles. The van der Waals surface area contributed by atoms with E-state index in [4.69, 9.17) is 11.6 Å². The molecule has 1 aliphatic rings. The second kappa shape index (κ2) is 8.44. The summed E-state index contributed by atoms with van der Waals surface area (Å²) in [6.07, 6.45) is 5.36. The fraction of sp³-hybridized carbons (Fsp3) is 0.190. The molecular weight excluding hydrogens is 431 g/mol. The van der Waals surface area contributed by atoms with Gasteiger partial charge >= 0.3 is 0 Å². The molecule has 1 aromatic heterocycles. The minimum atomic E-state index is -3.78. The Kier molecular flexibility index (Phi) is 5.92. The number of aromatic nitrogens is 1. The molecule has 0 radical (unpaired) electrons. The molecule has 0 unspecified atom stereocenters. The fourth-order valence-corrected chi connectivity index (χ4v) is 6.11. The monoisotopic (exact) mass is 448 g/mol. The maximum atomic E-state index is 13.7. The van der Waals surface area contributed by atoms with Crippen LogP contribution in [0.4, 0.5) is 4.39 Å². The third-order valence-electron chi connectivity index (χ3n) is 4.77. The number of aryl methyl sites for hydroxylation is 2. The predicted octanol–water partition coefficient (Wildman–Crippen LogP) is 4.64. The number of benzene rings is 2. The van der Waals surface area contributed by atoms with Crippen molar-refractivity contribution in [3.8, 4) is 0 Å². The Labute approximate surface area is 178 Å². The van der Waals surface area contributed by atoms with Crippen LogP contribution in [0.2, 0.25) is 5.02 Å². The zero-order chi connectivity index (χ0) is 20.4. The SMILES string of the molecule is O=S(=O)(NCCc1ccncc1)c1cc2c(cc1Cl)CCc1ccc(F)cc1S2. The highest BCUT2D eigenvalue weighted by Crippen LogP contribution is 2.40. The lowest BCUT2D eigenvalue weighted by atomic mass is 10.0. The molecule has 1 aliphatic heterocycles. The Morgan fingerprint density at radius 1 is 1.03 bits per heavy atom. The molecule has 3 aromatic rings. The summed E-state index contributed by atoms with van der Waals surface area (Å²) < 4.78 is 42.0. The normalized spacial score (nSPS) is 13.4. The van der Waals surface area contributed by atoms with Gasteiger partial charge in [-0.2, -0.15) is 0 Å². The van der Waals surface area contributed by atoms with E-state index in [-0.39, 0.29) is 22.3 Å². The minimum Gasteiger partial charge on any atom is -0.265 e. The van der Waals surface area contributed by atoms with E-state index in [9.17, 15) is 12.8 Å². The summed E-state index contributed by atoms with van der Waals surface area (Å²) in [5.74, 6) is -0.306. The first kappa shape index (κ1) is 20.3. The van der Waals surface area contributed by atoms with Gasteiger partial charge in [0.2, 0.25) is 10.0 Å². The molecule has 1 N–H and O–H groups in total. The molecule has 4 rings (SSSR count). The van der Waals surface area contributed by atoms with E-state index in [1.165, 1.54) is 23.9 Å². The summed E-state index contributed by atoms with van der Waals surface area (Å²) in [5.41, 5.74) is 3.00. The fourth-order valence-electron chi connectivity index (χ4n) is 3.25. The van der Waals surface area contributed by atoms with Gasteiger partial charge in [-0.3, -0.25) is 4.98 Å². The van der Waals surface area contributed by atoms with Crippen molar-refractivity contribution < 1.29 is 12.8 Å². The Hall–Kier alpha value is -1.93. The molecule has 0 saturated carbocycles. The molecule has 0 fully saturated rings. The average molecular weight is 449 g/mol. The Morgan fingerprint density at radius 2 is 1.76 bits per heavy atom. The number of pyridine rings is 1. The van der Waals surface area contributed by atoms with Gasteiger partial charge in [0.05, 0.1) is 5.02 Å². The van der Waals surface area contributed by atoms with E-state index in [0.717, 1.165) is 39.3 Å². The summed E-state index contributed by atoms with van der Waals surface area (Å²) in [5, 5.41) is 0.192. The summed E-state index contributed by atoms with van der Waals surface area (Å²) >= 11 is 7.71. The van der Waals surface area contributed by atoms with Gasteiger partial charge in [-0.05, 0) is 72.4 Å². The van der Waals surface area contributed by atoms with Crippen LogP contribution in [-0.2, 0) is 29.3 Å². The van der Waals surface area contributed by atoms with E-state index >= 15 is 0 Å². The molecule has 2 aromatic carbocycles. The summed E-state index contributed by atoms with van der Waals surface area (Å²) in [7, 11) is -3.78. The number of sulfonamides is 1. The molecule has 0 aliphatic carbocycles. The molecule has 4 nitrogen and oxygen atoms in total. The lowest BCUT2D eigenvalue weighted by Gasteiger charge is -2.13. The van der Waals surface area contributed by atoms with Crippen LogP contribution < -0.4 is 4.72 Å². The van der Waals surface area contributed by atoms with Crippen LogP contribution in [0, 0.1) is 5.82 Å². The van der Waals surface area contributed by atoms with Crippen molar-refractivity contribution in [2.75, 3.05) is 6.54 Å². The zero-order valence-electron chi connectivity index (χ0n) is 15.4. The molecule has 29 heavy (non-hydrogen) atoms. The number of halogens is 2. The van der Waals surface area contributed by atoms with Crippen LogP contribution in [0.25, 0.3) is 0 Å². The van der Waals surface area contributed by atoms with Crippen LogP contribution in [0.1, 0.15) is 16.7 Å². The predicted molar refractivity (Wildman–Crippen MR) is 113 cm³/mol.